The SMILES string of the molecule is CCc1[nH]ccc1Br. The van der Waals surface area contributed by atoms with Crippen LogP contribution in [0.2, 0.25) is 0 Å². The van der Waals surface area contributed by atoms with Gasteiger partial charge in [0.25, 0.3) is 0 Å². The molecular formula is C6H8BrN. The lowest BCUT2D eigenvalue weighted by molar-refractivity contribution is 1.05. The fourth-order valence-corrected chi connectivity index (χ4v) is 1.18. The Kier molecular flexibility index (Phi) is 1.73. The van der Waals surface area contributed by atoms with Crippen LogP contribution in [0.5, 0.6) is 0 Å². The molecule has 2 heteroatoms. The van der Waals surface area contributed by atoms with Crippen molar-refractivity contribution in [2.45, 2.75) is 13.3 Å². The fraction of sp³-hybridized carbons (Fsp3) is 0.333. The minimum Gasteiger partial charge on any atom is -0.364 e. The molecule has 0 spiro atoms. The smallest absolute Gasteiger partial charge is 0.0382 e. The second-order valence-electron chi connectivity index (χ2n) is 1.66. The molecule has 1 N–H and O–H groups in total. The van der Waals surface area contributed by atoms with E-state index in [0.29, 0.717) is 0 Å². The lowest BCUT2D eigenvalue weighted by atomic mass is 10.3. The molecule has 0 unspecified atom stereocenters. The molecule has 0 saturated carbocycles. The van der Waals surface area contributed by atoms with Gasteiger partial charge < -0.3 is 4.98 Å². The molecule has 1 aromatic heterocycles. The molecule has 0 aliphatic rings. The molecule has 0 amide bonds. The maximum Gasteiger partial charge on any atom is 0.0382 e. The average molecular weight is 174 g/mol. The molecule has 0 bridgehead atoms. The van der Waals surface area contributed by atoms with Crippen molar-refractivity contribution in [2.24, 2.45) is 0 Å². The fourth-order valence-electron chi connectivity index (χ4n) is 0.656. The monoisotopic (exact) mass is 173 g/mol. The third-order valence-electron chi connectivity index (χ3n) is 1.13. The van der Waals surface area contributed by atoms with Gasteiger partial charge in [0.05, 0.1) is 0 Å². The van der Waals surface area contributed by atoms with Gasteiger partial charge in [-0.2, -0.15) is 0 Å². The average Bonchev–Trinajstić information content (AvgIpc) is 2.14. The first-order chi connectivity index (χ1) is 3.84. The van der Waals surface area contributed by atoms with Gasteiger partial charge in [0, 0.05) is 16.4 Å². The predicted molar refractivity (Wildman–Crippen MR) is 37.9 cm³/mol. The summed E-state index contributed by atoms with van der Waals surface area (Å²) in [6, 6.07) is 2.01. The number of halogens is 1. The first kappa shape index (κ1) is 5.89. The number of nitrogens with one attached hydrogen (secondary N) is 1. The molecule has 44 valence electrons. The van der Waals surface area contributed by atoms with E-state index < -0.39 is 0 Å². The minimum atomic E-state index is 1.06. The molecule has 0 radical (unpaired) electrons. The highest BCUT2D eigenvalue weighted by Crippen LogP contribution is 2.13. The quantitative estimate of drug-likeness (QED) is 0.672. The van der Waals surface area contributed by atoms with Crippen molar-refractivity contribution < 1.29 is 0 Å². The van der Waals surface area contributed by atoms with Crippen LogP contribution in [-0.2, 0) is 6.42 Å². The lowest BCUT2D eigenvalue weighted by Gasteiger charge is -1.87. The maximum absolute atomic E-state index is 3.40. The van der Waals surface area contributed by atoms with Gasteiger partial charge in [-0.25, -0.2) is 0 Å². The van der Waals surface area contributed by atoms with E-state index in [2.05, 4.69) is 27.8 Å². The minimum absolute atomic E-state index is 1.06. The number of hydrogen-bond donors (Lipinski definition) is 1. The van der Waals surface area contributed by atoms with E-state index in [-0.39, 0.29) is 0 Å². The predicted octanol–water partition coefficient (Wildman–Crippen LogP) is 2.34. The van der Waals surface area contributed by atoms with Crippen molar-refractivity contribution in [3.63, 3.8) is 0 Å². The zero-order valence-electron chi connectivity index (χ0n) is 4.74. The number of hydrogen-bond acceptors (Lipinski definition) is 0. The molecule has 1 rings (SSSR count). The van der Waals surface area contributed by atoms with Crippen LogP contribution >= 0.6 is 15.9 Å². The Balaban J connectivity index is 2.92. The molecule has 0 fully saturated rings. The largest absolute Gasteiger partial charge is 0.364 e. The Labute approximate surface area is 57.2 Å². The zero-order valence-corrected chi connectivity index (χ0v) is 6.33. The molecular weight excluding hydrogens is 166 g/mol. The van der Waals surface area contributed by atoms with Crippen LogP contribution in [0.3, 0.4) is 0 Å². The molecule has 0 aromatic carbocycles. The van der Waals surface area contributed by atoms with Gasteiger partial charge in [0.15, 0.2) is 0 Å². The molecule has 1 aromatic rings. The molecule has 8 heavy (non-hydrogen) atoms. The third-order valence-corrected chi connectivity index (χ3v) is 1.87. The van der Waals surface area contributed by atoms with E-state index in [1.165, 1.54) is 10.2 Å². The van der Waals surface area contributed by atoms with Gasteiger partial charge in [0.2, 0.25) is 0 Å². The van der Waals surface area contributed by atoms with Crippen LogP contribution < -0.4 is 0 Å². The molecule has 0 aliphatic heterocycles. The summed E-state index contributed by atoms with van der Waals surface area (Å²) in [6.07, 6.45) is 3.00. The van der Waals surface area contributed by atoms with Crippen molar-refractivity contribution in [1.29, 1.82) is 0 Å². The highest BCUT2D eigenvalue weighted by molar-refractivity contribution is 9.10. The van der Waals surface area contributed by atoms with Crippen LogP contribution in [0.25, 0.3) is 0 Å². The van der Waals surface area contributed by atoms with E-state index in [4.69, 9.17) is 0 Å². The van der Waals surface area contributed by atoms with E-state index in [0.717, 1.165) is 6.42 Å². The summed E-state index contributed by atoms with van der Waals surface area (Å²) in [7, 11) is 0. The highest BCUT2D eigenvalue weighted by Gasteiger charge is 1.93. The van der Waals surface area contributed by atoms with Crippen LogP contribution in [0.4, 0.5) is 0 Å². The van der Waals surface area contributed by atoms with Crippen molar-refractivity contribution in [1.82, 2.24) is 4.98 Å². The molecule has 0 saturated heterocycles. The van der Waals surface area contributed by atoms with Gasteiger partial charge in [0.1, 0.15) is 0 Å². The summed E-state index contributed by atoms with van der Waals surface area (Å²) in [6.45, 7) is 2.12. The third kappa shape index (κ3) is 0.944. The second-order valence-corrected chi connectivity index (χ2v) is 2.51. The van der Waals surface area contributed by atoms with Gasteiger partial charge in [-0.05, 0) is 28.4 Å². The van der Waals surface area contributed by atoms with E-state index in [1.807, 2.05) is 12.3 Å². The highest BCUT2D eigenvalue weighted by atomic mass is 79.9. The van der Waals surface area contributed by atoms with Crippen molar-refractivity contribution >= 4 is 15.9 Å². The summed E-state index contributed by atoms with van der Waals surface area (Å²) in [4.78, 5) is 3.11. The number of H-pyrrole nitrogens is 1. The normalized spacial score (nSPS) is 9.75. The van der Waals surface area contributed by atoms with Gasteiger partial charge in [-0.1, -0.05) is 6.92 Å². The Hall–Kier alpha value is -0.240. The summed E-state index contributed by atoms with van der Waals surface area (Å²) in [5.74, 6) is 0. The van der Waals surface area contributed by atoms with Gasteiger partial charge >= 0.3 is 0 Å². The zero-order chi connectivity index (χ0) is 5.98. The maximum atomic E-state index is 3.40. The molecule has 0 aliphatic carbocycles. The second kappa shape index (κ2) is 2.35. The molecule has 1 heterocycles. The summed E-state index contributed by atoms with van der Waals surface area (Å²) in [5, 5.41) is 0. The van der Waals surface area contributed by atoms with Gasteiger partial charge in [-0.3, -0.25) is 0 Å². The van der Waals surface area contributed by atoms with Crippen molar-refractivity contribution in [2.75, 3.05) is 0 Å². The Morgan fingerprint density at radius 3 is 2.75 bits per heavy atom. The Bertz CT molecular complexity index is 169. The van der Waals surface area contributed by atoms with E-state index in [9.17, 15) is 0 Å². The molecule has 1 nitrogen and oxygen atoms in total. The standard InChI is InChI=1S/C6H8BrN/c1-2-6-5(7)3-4-8-6/h3-4,8H,2H2,1H3. The van der Waals surface area contributed by atoms with Crippen molar-refractivity contribution in [3.8, 4) is 0 Å². The van der Waals surface area contributed by atoms with E-state index in [1.54, 1.807) is 0 Å². The molecule has 0 atom stereocenters. The van der Waals surface area contributed by atoms with Crippen molar-refractivity contribution in [3.05, 3.63) is 22.4 Å². The lowest BCUT2D eigenvalue weighted by Crippen LogP contribution is -1.76. The first-order valence-electron chi connectivity index (χ1n) is 2.66. The van der Waals surface area contributed by atoms with Crippen LogP contribution in [-0.4, -0.2) is 4.98 Å². The summed E-state index contributed by atoms with van der Waals surface area (Å²) in [5.41, 5.74) is 1.27. The number of aryl methyl sites for hydroxylation is 1. The van der Waals surface area contributed by atoms with Crippen LogP contribution in [0.1, 0.15) is 12.6 Å². The first-order valence-corrected chi connectivity index (χ1v) is 3.45. The van der Waals surface area contributed by atoms with Gasteiger partial charge in [-0.15, -0.1) is 0 Å². The number of aromatic nitrogens is 1. The summed E-state index contributed by atoms with van der Waals surface area (Å²) >= 11 is 3.40. The number of aromatic amines is 1. The van der Waals surface area contributed by atoms with Crippen LogP contribution in [0, 0.1) is 0 Å². The van der Waals surface area contributed by atoms with Crippen LogP contribution in [0.15, 0.2) is 16.7 Å². The Morgan fingerprint density at radius 2 is 2.50 bits per heavy atom. The number of rotatable bonds is 1. The Morgan fingerprint density at radius 1 is 1.75 bits per heavy atom. The van der Waals surface area contributed by atoms with E-state index >= 15 is 0 Å². The topological polar surface area (TPSA) is 15.8 Å². The summed E-state index contributed by atoms with van der Waals surface area (Å²) < 4.78 is 1.18.